The van der Waals surface area contributed by atoms with Gasteiger partial charge in [0.05, 0.1) is 0 Å². The van der Waals surface area contributed by atoms with Gasteiger partial charge in [-0.1, -0.05) is 103 Å². The lowest BCUT2D eigenvalue weighted by atomic mass is 10.1. The fourth-order valence-electron chi connectivity index (χ4n) is 5.58. The third-order valence-electron chi connectivity index (χ3n) is 7.70. The lowest BCUT2D eigenvalue weighted by molar-refractivity contribution is 0.669. The number of para-hydroxylation sites is 2. The van der Waals surface area contributed by atoms with Crippen molar-refractivity contribution in [2.24, 2.45) is 0 Å². The smallest absolute Gasteiger partial charge is 0.164 e. The Bertz CT molecular complexity index is 2120. The number of aromatic nitrogens is 3. The third kappa shape index (κ3) is 4.76. The topological polar surface area (TPSA) is 55.1 Å². The molecule has 44 heavy (non-hydrogen) atoms. The van der Waals surface area contributed by atoms with E-state index in [-0.39, 0.29) is 0 Å². The highest BCUT2D eigenvalue weighted by Gasteiger charge is 2.17. The predicted octanol–water partition coefficient (Wildman–Crippen LogP) is 10.2. The van der Waals surface area contributed by atoms with E-state index in [1.165, 1.54) is 0 Å². The molecule has 0 atom stereocenters. The van der Waals surface area contributed by atoms with Gasteiger partial charge in [-0.05, 0) is 54.6 Å². The Hall–Kier alpha value is -6.07. The molecule has 0 aliphatic rings. The van der Waals surface area contributed by atoms with E-state index in [2.05, 4.69) is 77.7 Å². The van der Waals surface area contributed by atoms with Gasteiger partial charge in [0.15, 0.2) is 17.5 Å². The fourth-order valence-corrected chi connectivity index (χ4v) is 5.58. The van der Waals surface area contributed by atoms with Crippen molar-refractivity contribution in [3.05, 3.63) is 158 Å². The number of anilines is 3. The molecule has 5 heteroatoms. The van der Waals surface area contributed by atoms with Crippen LogP contribution in [0, 0.1) is 0 Å². The Labute approximate surface area is 254 Å². The molecule has 208 valence electrons. The molecule has 0 N–H and O–H groups in total. The first-order valence-corrected chi connectivity index (χ1v) is 14.5. The monoisotopic (exact) mass is 566 g/mol. The van der Waals surface area contributed by atoms with Crippen molar-refractivity contribution in [2.75, 3.05) is 4.90 Å². The molecule has 0 saturated carbocycles. The van der Waals surface area contributed by atoms with E-state index in [9.17, 15) is 0 Å². The Morgan fingerprint density at radius 2 is 0.864 bits per heavy atom. The summed E-state index contributed by atoms with van der Waals surface area (Å²) in [5, 5.41) is 2.08. The van der Waals surface area contributed by atoms with Crippen LogP contribution in [0.25, 0.3) is 56.1 Å². The van der Waals surface area contributed by atoms with Crippen LogP contribution in [0.2, 0.25) is 0 Å². The molecule has 5 nitrogen and oxygen atoms in total. The number of rotatable bonds is 6. The molecule has 0 aliphatic carbocycles. The quantitative estimate of drug-likeness (QED) is 0.200. The standard InChI is InChI=1S/C39H26N4O/c1-5-13-27(14-6-1)37-40-38(28-15-7-2-8-16-28)42-39(41-37)29-21-23-33-34-26-32(22-24-35(34)44-36(33)25-29)43(30-17-9-3-10-18-30)31-19-11-4-12-20-31/h1-26H. The van der Waals surface area contributed by atoms with Crippen LogP contribution < -0.4 is 4.90 Å². The number of nitrogens with zero attached hydrogens (tertiary/aromatic N) is 4. The summed E-state index contributed by atoms with van der Waals surface area (Å²) < 4.78 is 6.40. The Morgan fingerprint density at radius 1 is 0.364 bits per heavy atom. The van der Waals surface area contributed by atoms with Gasteiger partial charge in [-0.2, -0.15) is 0 Å². The lowest BCUT2D eigenvalue weighted by Gasteiger charge is -2.25. The van der Waals surface area contributed by atoms with Crippen molar-refractivity contribution in [1.29, 1.82) is 0 Å². The molecule has 2 heterocycles. The molecule has 0 saturated heterocycles. The van der Waals surface area contributed by atoms with Crippen LogP contribution >= 0.6 is 0 Å². The third-order valence-corrected chi connectivity index (χ3v) is 7.70. The number of furan rings is 1. The highest BCUT2D eigenvalue weighted by molar-refractivity contribution is 6.07. The maximum Gasteiger partial charge on any atom is 0.164 e. The first-order valence-electron chi connectivity index (χ1n) is 14.5. The number of hydrogen-bond acceptors (Lipinski definition) is 5. The van der Waals surface area contributed by atoms with E-state index in [1.807, 2.05) is 84.9 Å². The van der Waals surface area contributed by atoms with Crippen molar-refractivity contribution in [1.82, 2.24) is 15.0 Å². The van der Waals surface area contributed by atoms with Gasteiger partial charge in [0.25, 0.3) is 0 Å². The van der Waals surface area contributed by atoms with Gasteiger partial charge < -0.3 is 9.32 Å². The minimum absolute atomic E-state index is 0.597. The van der Waals surface area contributed by atoms with E-state index in [1.54, 1.807) is 0 Å². The average molecular weight is 567 g/mol. The molecule has 0 unspecified atom stereocenters. The molecular formula is C39H26N4O. The van der Waals surface area contributed by atoms with Crippen LogP contribution in [0.15, 0.2) is 162 Å². The summed E-state index contributed by atoms with van der Waals surface area (Å²) in [6, 6.07) is 53.4. The van der Waals surface area contributed by atoms with Crippen molar-refractivity contribution in [2.45, 2.75) is 0 Å². The zero-order chi connectivity index (χ0) is 29.3. The minimum atomic E-state index is 0.597. The lowest BCUT2D eigenvalue weighted by Crippen LogP contribution is -2.09. The molecule has 0 bridgehead atoms. The van der Waals surface area contributed by atoms with Gasteiger partial charge in [0.2, 0.25) is 0 Å². The molecule has 0 fully saturated rings. The normalized spacial score (nSPS) is 11.2. The predicted molar refractivity (Wildman–Crippen MR) is 178 cm³/mol. The van der Waals surface area contributed by atoms with Crippen LogP contribution in [0.1, 0.15) is 0 Å². The Kier molecular flexibility index (Phi) is 6.39. The van der Waals surface area contributed by atoms with Gasteiger partial charge >= 0.3 is 0 Å². The van der Waals surface area contributed by atoms with Crippen molar-refractivity contribution < 1.29 is 4.42 Å². The first kappa shape index (κ1) is 25.6. The highest BCUT2D eigenvalue weighted by Crippen LogP contribution is 2.39. The second kappa shape index (κ2) is 11.0. The van der Waals surface area contributed by atoms with Gasteiger partial charge in [-0.25, -0.2) is 15.0 Å². The average Bonchev–Trinajstić information content (AvgIpc) is 3.47. The molecule has 0 amide bonds. The maximum atomic E-state index is 6.40. The zero-order valence-electron chi connectivity index (χ0n) is 23.7. The summed E-state index contributed by atoms with van der Waals surface area (Å²) in [5.41, 5.74) is 7.58. The summed E-state index contributed by atoms with van der Waals surface area (Å²) in [6.45, 7) is 0. The van der Waals surface area contributed by atoms with E-state index in [4.69, 9.17) is 19.4 Å². The van der Waals surface area contributed by atoms with Crippen LogP contribution in [-0.2, 0) is 0 Å². The second-order valence-corrected chi connectivity index (χ2v) is 10.5. The van der Waals surface area contributed by atoms with E-state index < -0.39 is 0 Å². The Balaban J connectivity index is 1.25. The molecule has 8 aromatic rings. The number of hydrogen-bond donors (Lipinski definition) is 0. The largest absolute Gasteiger partial charge is 0.456 e. The van der Waals surface area contributed by atoms with Crippen LogP contribution in [0.3, 0.4) is 0 Å². The zero-order valence-corrected chi connectivity index (χ0v) is 23.7. The molecular weight excluding hydrogens is 540 g/mol. The second-order valence-electron chi connectivity index (χ2n) is 10.5. The molecule has 2 aromatic heterocycles. The number of fused-ring (bicyclic) bond motifs is 3. The SMILES string of the molecule is c1ccc(-c2nc(-c3ccccc3)nc(-c3ccc4c(c3)oc3ccc(N(c5ccccc5)c5ccccc5)cc34)n2)cc1. The summed E-state index contributed by atoms with van der Waals surface area (Å²) in [5.74, 6) is 1.86. The first-order chi connectivity index (χ1) is 21.8. The number of benzene rings is 6. The fraction of sp³-hybridized carbons (Fsp3) is 0. The van der Waals surface area contributed by atoms with Crippen LogP contribution in [0.4, 0.5) is 17.1 Å². The summed E-state index contributed by atoms with van der Waals surface area (Å²) in [4.78, 5) is 16.9. The van der Waals surface area contributed by atoms with Crippen molar-refractivity contribution in [3.63, 3.8) is 0 Å². The minimum Gasteiger partial charge on any atom is -0.456 e. The summed E-state index contributed by atoms with van der Waals surface area (Å²) in [7, 11) is 0. The summed E-state index contributed by atoms with van der Waals surface area (Å²) >= 11 is 0. The summed E-state index contributed by atoms with van der Waals surface area (Å²) in [6.07, 6.45) is 0. The molecule has 8 rings (SSSR count). The molecule has 0 aliphatic heterocycles. The Morgan fingerprint density at radius 3 is 1.41 bits per heavy atom. The molecule has 0 radical (unpaired) electrons. The van der Waals surface area contributed by atoms with Gasteiger partial charge in [-0.3, -0.25) is 0 Å². The van der Waals surface area contributed by atoms with E-state index in [0.29, 0.717) is 17.5 Å². The van der Waals surface area contributed by atoms with Crippen molar-refractivity contribution >= 4 is 39.0 Å². The highest BCUT2D eigenvalue weighted by atomic mass is 16.3. The van der Waals surface area contributed by atoms with E-state index in [0.717, 1.165) is 55.7 Å². The van der Waals surface area contributed by atoms with Crippen LogP contribution in [0.5, 0.6) is 0 Å². The molecule has 6 aromatic carbocycles. The van der Waals surface area contributed by atoms with Gasteiger partial charge in [-0.15, -0.1) is 0 Å². The van der Waals surface area contributed by atoms with E-state index >= 15 is 0 Å². The van der Waals surface area contributed by atoms with Gasteiger partial charge in [0, 0.05) is 44.5 Å². The maximum absolute atomic E-state index is 6.40. The van der Waals surface area contributed by atoms with Crippen LogP contribution in [-0.4, -0.2) is 15.0 Å². The molecule has 0 spiro atoms. The van der Waals surface area contributed by atoms with Gasteiger partial charge in [0.1, 0.15) is 11.2 Å². The van der Waals surface area contributed by atoms with Crippen molar-refractivity contribution in [3.8, 4) is 34.2 Å².